The Morgan fingerprint density at radius 1 is 1.43 bits per heavy atom. The van der Waals surface area contributed by atoms with Gasteiger partial charge in [-0.3, -0.25) is 0 Å². The summed E-state index contributed by atoms with van der Waals surface area (Å²) < 4.78 is 10.4. The molecular weight excluding hydrogens is 268 g/mol. The Hall–Kier alpha value is -2.14. The van der Waals surface area contributed by atoms with Crippen LogP contribution in [0, 0.1) is 0 Å². The maximum Gasteiger partial charge on any atom is 0.416 e. The van der Waals surface area contributed by atoms with E-state index in [-0.39, 0.29) is 6.09 Å². The molecule has 1 aliphatic heterocycles. The number of amides is 1. The van der Waals surface area contributed by atoms with Crippen LogP contribution in [0.25, 0.3) is 10.9 Å². The maximum absolute atomic E-state index is 12.0. The van der Waals surface area contributed by atoms with Crippen molar-refractivity contribution in [2.24, 2.45) is 0 Å². The first-order valence-electron chi connectivity index (χ1n) is 7.10. The van der Waals surface area contributed by atoms with Crippen LogP contribution in [0.2, 0.25) is 0 Å². The first-order valence-corrected chi connectivity index (χ1v) is 7.10. The summed E-state index contributed by atoms with van der Waals surface area (Å²) in [6, 6.07) is 8.19. The van der Waals surface area contributed by atoms with Crippen LogP contribution >= 0.6 is 0 Å². The van der Waals surface area contributed by atoms with Crippen molar-refractivity contribution >= 4 is 17.0 Å². The van der Waals surface area contributed by atoms with Crippen LogP contribution in [0.15, 0.2) is 24.3 Å². The van der Waals surface area contributed by atoms with E-state index >= 15 is 0 Å². The molecule has 0 N–H and O–H groups in total. The van der Waals surface area contributed by atoms with Gasteiger partial charge in [-0.1, -0.05) is 25.1 Å². The molecule has 5 heteroatoms. The SMILES string of the molecule is CCc1cccc2cc3c(nc12)OC(=O)N(CCOC)C3. The number of carbonyl (C=O) groups excluding carboxylic acids is 1. The average molecular weight is 286 g/mol. The molecule has 1 aromatic carbocycles. The fourth-order valence-corrected chi connectivity index (χ4v) is 2.56. The fourth-order valence-electron chi connectivity index (χ4n) is 2.56. The standard InChI is InChI=1S/C16H18N2O3/c1-3-11-5-4-6-12-9-13-10-18(7-8-20-2)16(19)21-15(13)17-14(11)12/h4-6,9H,3,7-8,10H2,1-2H3. The first-order chi connectivity index (χ1) is 10.2. The van der Waals surface area contributed by atoms with Crippen LogP contribution in [0.1, 0.15) is 18.1 Å². The summed E-state index contributed by atoms with van der Waals surface area (Å²) in [4.78, 5) is 18.1. The van der Waals surface area contributed by atoms with E-state index in [2.05, 4.69) is 24.0 Å². The van der Waals surface area contributed by atoms with E-state index in [0.717, 1.165) is 28.5 Å². The van der Waals surface area contributed by atoms with E-state index in [4.69, 9.17) is 9.47 Å². The predicted octanol–water partition coefficient (Wildman–Crippen LogP) is 2.76. The number of aromatic nitrogens is 1. The number of rotatable bonds is 4. The molecule has 21 heavy (non-hydrogen) atoms. The van der Waals surface area contributed by atoms with E-state index < -0.39 is 0 Å². The van der Waals surface area contributed by atoms with Gasteiger partial charge in [0, 0.05) is 24.6 Å². The van der Waals surface area contributed by atoms with Crippen molar-refractivity contribution < 1.29 is 14.3 Å². The second-order valence-corrected chi connectivity index (χ2v) is 5.08. The molecule has 1 amide bonds. The van der Waals surface area contributed by atoms with Gasteiger partial charge in [0.1, 0.15) is 0 Å². The molecule has 3 rings (SSSR count). The highest BCUT2D eigenvalue weighted by Crippen LogP contribution is 2.29. The summed E-state index contributed by atoms with van der Waals surface area (Å²) in [5.74, 6) is 0.432. The molecule has 2 aromatic rings. The van der Waals surface area contributed by atoms with Crippen molar-refractivity contribution in [2.45, 2.75) is 19.9 Å². The number of hydrogen-bond acceptors (Lipinski definition) is 4. The number of ether oxygens (including phenoxy) is 2. The van der Waals surface area contributed by atoms with Gasteiger partial charge in [0.2, 0.25) is 5.88 Å². The third-order valence-corrected chi connectivity index (χ3v) is 3.72. The predicted molar refractivity (Wildman–Crippen MR) is 79.4 cm³/mol. The molecular formula is C16H18N2O3. The van der Waals surface area contributed by atoms with Gasteiger partial charge in [-0.25, -0.2) is 9.78 Å². The summed E-state index contributed by atoms with van der Waals surface area (Å²) >= 11 is 0. The Balaban J connectivity index is 1.99. The second-order valence-electron chi connectivity index (χ2n) is 5.08. The van der Waals surface area contributed by atoms with Gasteiger partial charge in [0.15, 0.2) is 0 Å². The van der Waals surface area contributed by atoms with Crippen molar-refractivity contribution in [1.82, 2.24) is 9.88 Å². The lowest BCUT2D eigenvalue weighted by Crippen LogP contribution is -2.39. The number of carbonyl (C=O) groups is 1. The van der Waals surface area contributed by atoms with Crippen LogP contribution in [-0.2, 0) is 17.7 Å². The summed E-state index contributed by atoms with van der Waals surface area (Å²) in [7, 11) is 1.62. The van der Waals surface area contributed by atoms with Crippen LogP contribution in [0.5, 0.6) is 5.88 Å². The van der Waals surface area contributed by atoms with Crippen molar-refractivity contribution in [1.29, 1.82) is 0 Å². The van der Waals surface area contributed by atoms with Crippen LogP contribution in [0.3, 0.4) is 0 Å². The largest absolute Gasteiger partial charge is 0.416 e. The number of hydrogen-bond donors (Lipinski definition) is 0. The fraction of sp³-hybridized carbons (Fsp3) is 0.375. The molecule has 5 nitrogen and oxygen atoms in total. The zero-order chi connectivity index (χ0) is 14.8. The Kier molecular flexibility index (Phi) is 3.75. The summed E-state index contributed by atoms with van der Waals surface area (Å²) in [6.45, 7) is 3.61. The Labute approximate surface area is 123 Å². The topological polar surface area (TPSA) is 51.7 Å². The highest BCUT2D eigenvalue weighted by Gasteiger charge is 2.26. The molecule has 0 radical (unpaired) electrons. The lowest BCUT2D eigenvalue weighted by molar-refractivity contribution is 0.110. The minimum Gasteiger partial charge on any atom is -0.391 e. The lowest BCUT2D eigenvalue weighted by Gasteiger charge is -2.27. The van der Waals surface area contributed by atoms with Gasteiger partial charge in [0.05, 0.1) is 18.7 Å². The zero-order valence-corrected chi connectivity index (χ0v) is 12.3. The van der Waals surface area contributed by atoms with Gasteiger partial charge >= 0.3 is 6.09 Å². The second kappa shape index (κ2) is 5.69. The number of benzene rings is 1. The van der Waals surface area contributed by atoms with E-state index in [1.54, 1.807) is 12.0 Å². The minimum absolute atomic E-state index is 0.361. The van der Waals surface area contributed by atoms with Crippen molar-refractivity contribution in [3.8, 4) is 5.88 Å². The molecule has 0 spiro atoms. The Bertz CT molecular complexity index is 685. The smallest absolute Gasteiger partial charge is 0.391 e. The third-order valence-electron chi connectivity index (χ3n) is 3.72. The molecule has 0 saturated heterocycles. The number of para-hydroxylation sites is 1. The van der Waals surface area contributed by atoms with Crippen LogP contribution in [0.4, 0.5) is 4.79 Å². The average Bonchev–Trinajstić information content (AvgIpc) is 2.50. The molecule has 0 aliphatic carbocycles. The highest BCUT2D eigenvalue weighted by molar-refractivity contribution is 5.84. The highest BCUT2D eigenvalue weighted by atomic mass is 16.6. The number of methoxy groups -OCH3 is 1. The molecule has 0 bridgehead atoms. The van der Waals surface area contributed by atoms with Gasteiger partial charge in [-0.05, 0) is 18.1 Å². The number of fused-ring (bicyclic) bond motifs is 2. The summed E-state index contributed by atoms with van der Waals surface area (Å²) in [5, 5.41) is 1.08. The molecule has 110 valence electrons. The number of pyridine rings is 1. The van der Waals surface area contributed by atoms with Gasteiger partial charge in [-0.15, -0.1) is 0 Å². The molecule has 0 fully saturated rings. The molecule has 0 unspecified atom stereocenters. The molecule has 2 heterocycles. The number of nitrogens with zero attached hydrogens (tertiary/aromatic N) is 2. The Morgan fingerprint density at radius 3 is 3.05 bits per heavy atom. The maximum atomic E-state index is 12.0. The zero-order valence-electron chi connectivity index (χ0n) is 12.3. The molecule has 0 saturated carbocycles. The first kappa shape index (κ1) is 13.8. The Morgan fingerprint density at radius 2 is 2.29 bits per heavy atom. The van der Waals surface area contributed by atoms with Gasteiger partial charge in [-0.2, -0.15) is 0 Å². The monoisotopic (exact) mass is 286 g/mol. The van der Waals surface area contributed by atoms with Crippen LogP contribution < -0.4 is 4.74 Å². The number of aryl methyl sites for hydroxylation is 1. The van der Waals surface area contributed by atoms with E-state index in [1.807, 2.05) is 12.1 Å². The van der Waals surface area contributed by atoms with Crippen molar-refractivity contribution in [3.63, 3.8) is 0 Å². The van der Waals surface area contributed by atoms with Crippen LogP contribution in [-0.4, -0.2) is 36.2 Å². The van der Waals surface area contributed by atoms with E-state index in [0.29, 0.717) is 25.6 Å². The van der Waals surface area contributed by atoms with Gasteiger partial charge < -0.3 is 14.4 Å². The van der Waals surface area contributed by atoms with E-state index in [1.165, 1.54) is 0 Å². The van der Waals surface area contributed by atoms with Gasteiger partial charge in [0.25, 0.3) is 0 Å². The minimum atomic E-state index is -0.361. The molecule has 0 atom stereocenters. The molecule has 1 aliphatic rings. The lowest BCUT2D eigenvalue weighted by atomic mass is 10.1. The normalized spacial score (nSPS) is 14.2. The molecule has 1 aromatic heterocycles. The quantitative estimate of drug-likeness (QED) is 0.867. The third kappa shape index (κ3) is 2.56. The van der Waals surface area contributed by atoms with Crippen molar-refractivity contribution in [2.75, 3.05) is 20.3 Å². The summed E-state index contributed by atoms with van der Waals surface area (Å²) in [5.41, 5.74) is 3.01. The van der Waals surface area contributed by atoms with E-state index in [9.17, 15) is 4.79 Å². The van der Waals surface area contributed by atoms with Crippen molar-refractivity contribution in [3.05, 3.63) is 35.4 Å². The summed E-state index contributed by atoms with van der Waals surface area (Å²) in [6.07, 6.45) is 0.539.